The smallest absolute Gasteiger partial charge is 0.265 e. The summed E-state index contributed by atoms with van der Waals surface area (Å²) in [5, 5.41) is 0.848. The summed E-state index contributed by atoms with van der Waals surface area (Å²) in [7, 11) is 3.42. The molecule has 6 heteroatoms. The number of carbonyl (C=O) groups is 1. The first-order chi connectivity index (χ1) is 9.15. The second-order valence-electron chi connectivity index (χ2n) is 4.27. The SMILES string of the molecule is COCCCN(C)C(=O)c1sc2ncccc2c1N. The van der Waals surface area contributed by atoms with Crippen LogP contribution >= 0.6 is 11.3 Å². The van der Waals surface area contributed by atoms with Crippen LogP contribution in [0.1, 0.15) is 16.1 Å². The molecule has 0 aliphatic carbocycles. The van der Waals surface area contributed by atoms with Crippen molar-refractivity contribution in [3.05, 3.63) is 23.2 Å². The Morgan fingerprint density at radius 3 is 3.05 bits per heavy atom. The molecule has 0 bridgehead atoms. The molecule has 0 aliphatic rings. The number of nitrogens with two attached hydrogens (primary N) is 1. The summed E-state index contributed by atoms with van der Waals surface area (Å²) in [6.45, 7) is 1.29. The fourth-order valence-corrected chi connectivity index (χ4v) is 2.89. The second kappa shape index (κ2) is 5.99. The molecule has 102 valence electrons. The van der Waals surface area contributed by atoms with E-state index in [0.717, 1.165) is 16.6 Å². The average Bonchev–Trinajstić information content (AvgIpc) is 2.76. The highest BCUT2D eigenvalue weighted by Gasteiger charge is 2.19. The van der Waals surface area contributed by atoms with Crippen LogP contribution in [-0.4, -0.2) is 43.1 Å². The number of pyridine rings is 1. The van der Waals surface area contributed by atoms with Crippen molar-refractivity contribution in [1.29, 1.82) is 0 Å². The van der Waals surface area contributed by atoms with E-state index in [9.17, 15) is 4.79 Å². The van der Waals surface area contributed by atoms with Gasteiger partial charge in [0.1, 0.15) is 9.71 Å². The maximum atomic E-state index is 12.3. The number of anilines is 1. The van der Waals surface area contributed by atoms with Gasteiger partial charge in [-0.25, -0.2) is 4.98 Å². The van der Waals surface area contributed by atoms with Gasteiger partial charge in [-0.15, -0.1) is 11.3 Å². The van der Waals surface area contributed by atoms with Crippen LogP contribution in [-0.2, 0) is 4.74 Å². The molecular formula is C13H17N3O2S. The molecule has 0 spiro atoms. The molecule has 0 unspecified atom stereocenters. The van der Waals surface area contributed by atoms with Crippen molar-refractivity contribution in [3.8, 4) is 0 Å². The van der Waals surface area contributed by atoms with E-state index in [1.807, 2.05) is 12.1 Å². The number of amides is 1. The molecule has 2 N–H and O–H groups in total. The van der Waals surface area contributed by atoms with Crippen molar-refractivity contribution in [2.45, 2.75) is 6.42 Å². The van der Waals surface area contributed by atoms with Crippen LogP contribution in [0.2, 0.25) is 0 Å². The van der Waals surface area contributed by atoms with E-state index in [1.54, 1.807) is 25.3 Å². The number of hydrogen-bond acceptors (Lipinski definition) is 5. The summed E-state index contributed by atoms with van der Waals surface area (Å²) in [5.41, 5.74) is 6.56. The fourth-order valence-electron chi connectivity index (χ4n) is 1.83. The molecule has 0 saturated carbocycles. The Balaban J connectivity index is 2.19. The number of nitrogen functional groups attached to an aromatic ring is 1. The molecule has 0 aromatic carbocycles. The predicted molar refractivity (Wildman–Crippen MR) is 77.5 cm³/mol. The number of nitrogens with zero attached hydrogens (tertiary/aromatic N) is 2. The summed E-state index contributed by atoms with van der Waals surface area (Å²) in [6, 6.07) is 3.71. The van der Waals surface area contributed by atoms with Crippen LogP contribution in [0.3, 0.4) is 0 Å². The number of methoxy groups -OCH3 is 1. The van der Waals surface area contributed by atoms with Gasteiger partial charge in [0.15, 0.2) is 0 Å². The monoisotopic (exact) mass is 279 g/mol. The average molecular weight is 279 g/mol. The first-order valence-corrected chi connectivity index (χ1v) is 6.84. The number of thiophene rings is 1. The number of fused-ring (bicyclic) bond motifs is 1. The normalized spacial score (nSPS) is 10.8. The van der Waals surface area contributed by atoms with Gasteiger partial charge >= 0.3 is 0 Å². The van der Waals surface area contributed by atoms with Gasteiger partial charge in [0.05, 0.1) is 5.69 Å². The molecule has 0 fully saturated rings. The van der Waals surface area contributed by atoms with Crippen molar-refractivity contribution in [2.75, 3.05) is 33.0 Å². The number of aromatic nitrogens is 1. The first-order valence-electron chi connectivity index (χ1n) is 6.02. The summed E-state index contributed by atoms with van der Waals surface area (Å²) in [4.78, 5) is 19.6. The highest BCUT2D eigenvalue weighted by molar-refractivity contribution is 7.21. The van der Waals surface area contributed by atoms with Crippen LogP contribution < -0.4 is 5.73 Å². The molecule has 0 aliphatic heterocycles. The number of hydrogen-bond donors (Lipinski definition) is 1. The maximum Gasteiger partial charge on any atom is 0.265 e. The zero-order valence-corrected chi connectivity index (χ0v) is 11.9. The molecule has 2 heterocycles. The van der Waals surface area contributed by atoms with Crippen LogP contribution in [0.25, 0.3) is 10.2 Å². The van der Waals surface area contributed by atoms with Crippen molar-refractivity contribution < 1.29 is 9.53 Å². The lowest BCUT2D eigenvalue weighted by molar-refractivity contribution is 0.0785. The molecule has 0 atom stereocenters. The van der Waals surface area contributed by atoms with Crippen molar-refractivity contribution in [2.24, 2.45) is 0 Å². The van der Waals surface area contributed by atoms with Crippen molar-refractivity contribution in [1.82, 2.24) is 9.88 Å². The third-order valence-corrected chi connectivity index (χ3v) is 4.00. The summed E-state index contributed by atoms with van der Waals surface area (Å²) < 4.78 is 4.98. The zero-order valence-electron chi connectivity index (χ0n) is 11.0. The molecule has 19 heavy (non-hydrogen) atoms. The minimum Gasteiger partial charge on any atom is -0.397 e. The van der Waals surface area contributed by atoms with E-state index >= 15 is 0 Å². The minimum atomic E-state index is -0.0587. The molecule has 5 nitrogen and oxygen atoms in total. The molecule has 1 amide bonds. The standard InChI is InChI=1S/C13H17N3O2S/c1-16(7-4-8-18-2)13(17)11-10(14)9-5-3-6-15-12(9)19-11/h3,5-6H,4,7-8,14H2,1-2H3. The summed E-state index contributed by atoms with van der Waals surface area (Å²) in [5.74, 6) is -0.0587. The van der Waals surface area contributed by atoms with E-state index in [-0.39, 0.29) is 5.91 Å². The lowest BCUT2D eigenvalue weighted by Gasteiger charge is -2.16. The Morgan fingerprint density at radius 1 is 1.58 bits per heavy atom. The highest BCUT2D eigenvalue weighted by atomic mass is 32.1. The molecule has 0 radical (unpaired) electrons. The fraction of sp³-hybridized carbons (Fsp3) is 0.385. The van der Waals surface area contributed by atoms with Gasteiger partial charge in [-0.3, -0.25) is 4.79 Å². The Labute approximate surface area is 116 Å². The molecule has 2 rings (SSSR count). The van der Waals surface area contributed by atoms with Gasteiger partial charge in [-0.2, -0.15) is 0 Å². The van der Waals surface area contributed by atoms with Gasteiger partial charge in [0, 0.05) is 38.9 Å². The number of rotatable bonds is 5. The van der Waals surface area contributed by atoms with E-state index in [2.05, 4.69) is 4.98 Å². The first kappa shape index (κ1) is 13.8. The topological polar surface area (TPSA) is 68.5 Å². The summed E-state index contributed by atoms with van der Waals surface area (Å²) >= 11 is 1.34. The number of ether oxygens (including phenoxy) is 1. The zero-order chi connectivity index (χ0) is 13.8. The third-order valence-electron chi connectivity index (χ3n) is 2.89. The van der Waals surface area contributed by atoms with Gasteiger partial charge < -0.3 is 15.4 Å². The molecular weight excluding hydrogens is 262 g/mol. The van der Waals surface area contributed by atoms with E-state index in [1.165, 1.54) is 11.3 Å². The van der Waals surface area contributed by atoms with Gasteiger partial charge in [-0.05, 0) is 18.6 Å². The van der Waals surface area contributed by atoms with Crippen LogP contribution in [0.4, 0.5) is 5.69 Å². The van der Waals surface area contributed by atoms with Gasteiger partial charge in [0.2, 0.25) is 0 Å². The molecule has 2 aromatic rings. The lowest BCUT2D eigenvalue weighted by Crippen LogP contribution is -2.28. The lowest BCUT2D eigenvalue weighted by atomic mass is 10.2. The van der Waals surface area contributed by atoms with Crippen LogP contribution in [0.15, 0.2) is 18.3 Å². The van der Waals surface area contributed by atoms with E-state index < -0.39 is 0 Å². The Hall–Kier alpha value is -1.66. The molecule has 2 aromatic heterocycles. The maximum absolute atomic E-state index is 12.3. The van der Waals surface area contributed by atoms with Crippen LogP contribution in [0.5, 0.6) is 0 Å². The van der Waals surface area contributed by atoms with E-state index in [4.69, 9.17) is 10.5 Å². The quantitative estimate of drug-likeness (QED) is 0.850. The largest absolute Gasteiger partial charge is 0.397 e. The minimum absolute atomic E-state index is 0.0587. The van der Waals surface area contributed by atoms with Crippen LogP contribution in [0, 0.1) is 0 Å². The van der Waals surface area contributed by atoms with E-state index in [0.29, 0.717) is 23.7 Å². The highest BCUT2D eigenvalue weighted by Crippen LogP contribution is 2.32. The Bertz CT molecular complexity index is 582. The summed E-state index contributed by atoms with van der Waals surface area (Å²) in [6.07, 6.45) is 2.51. The number of carbonyl (C=O) groups excluding carboxylic acids is 1. The van der Waals surface area contributed by atoms with Gasteiger partial charge in [-0.1, -0.05) is 0 Å². The predicted octanol–water partition coefficient (Wildman–Crippen LogP) is 1.99. The van der Waals surface area contributed by atoms with Crippen molar-refractivity contribution in [3.63, 3.8) is 0 Å². The second-order valence-corrected chi connectivity index (χ2v) is 5.27. The molecule has 0 saturated heterocycles. The Kier molecular flexibility index (Phi) is 4.34. The Morgan fingerprint density at radius 2 is 2.37 bits per heavy atom. The third kappa shape index (κ3) is 2.85. The van der Waals surface area contributed by atoms with Gasteiger partial charge in [0.25, 0.3) is 5.91 Å². The van der Waals surface area contributed by atoms with Crippen molar-refractivity contribution >= 4 is 33.1 Å².